The lowest BCUT2D eigenvalue weighted by molar-refractivity contribution is -0.153. The number of esters is 1. The first-order valence-electron chi connectivity index (χ1n) is 11.0. The third-order valence-electron chi connectivity index (χ3n) is 6.58. The molecule has 180 valence electrons. The molecule has 2 amide bonds. The predicted octanol–water partition coefficient (Wildman–Crippen LogP) is 2.48. The number of hydrogen-bond donors (Lipinski definition) is 1. The minimum Gasteiger partial charge on any atom is -0.497 e. The van der Waals surface area contributed by atoms with Crippen molar-refractivity contribution in [1.82, 2.24) is 5.32 Å². The van der Waals surface area contributed by atoms with E-state index >= 15 is 0 Å². The van der Waals surface area contributed by atoms with Gasteiger partial charge in [0.2, 0.25) is 11.8 Å². The summed E-state index contributed by atoms with van der Waals surface area (Å²) in [5.41, 5.74) is -0.284. The normalized spacial score (nSPS) is 25.8. The number of rotatable bonds is 7. The van der Waals surface area contributed by atoms with Crippen molar-refractivity contribution >= 4 is 23.5 Å². The molecule has 0 aliphatic carbocycles. The molecule has 2 aliphatic heterocycles. The van der Waals surface area contributed by atoms with Gasteiger partial charge < -0.3 is 18.9 Å². The number of fused-ring (bicyclic) bond motifs is 1. The van der Waals surface area contributed by atoms with Crippen LogP contribution in [0.3, 0.4) is 0 Å². The maximum absolute atomic E-state index is 13.7. The molecule has 34 heavy (non-hydrogen) atoms. The highest BCUT2D eigenvalue weighted by atomic mass is 16.5. The van der Waals surface area contributed by atoms with E-state index in [1.165, 1.54) is 21.3 Å². The van der Waals surface area contributed by atoms with Crippen molar-refractivity contribution in [1.29, 1.82) is 0 Å². The number of imide groups is 1. The average Bonchev–Trinajstić information content (AvgIpc) is 3.32. The molecule has 9 heteroatoms. The molecular formula is C25H28N2O7. The molecule has 0 unspecified atom stereocenters. The highest BCUT2D eigenvalue weighted by molar-refractivity contribution is 6.24. The summed E-state index contributed by atoms with van der Waals surface area (Å²) < 4.78 is 21.3. The van der Waals surface area contributed by atoms with E-state index in [2.05, 4.69) is 5.32 Å². The second kappa shape index (κ2) is 8.98. The first-order valence-corrected chi connectivity index (χ1v) is 11.0. The van der Waals surface area contributed by atoms with E-state index in [0.717, 1.165) is 4.90 Å². The van der Waals surface area contributed by atoms with Crippen LogP contribution in [0.4, 0.5) is 5.69 Å². The summed E-state index contributed by atoms with van der Waals surface area (Å²) in [6.45, 7) is 3.47. The number of nitrogens with zero attached hydrogens (tertiary/aromatic N) is 1. The highest BCUT2D eigenvalue weighted by Gasteiger charge is 2.67. The minimum absolute atomic E-state index is 0.152. The monoisotopic (exact) mass is 468 g/mol. The molecule has 2 aromatic carbocycles. The lowest BCUT2D eigenvalue weighted by Crippen LogP contribution is -2.54. The number of carbonyl (C=O) groups excluding carboxylic acids is 3. The van der Waals surface area contributed by atoms with Gasteiger partial charge in [-0.15, -0.1) is 0 Å². The van der Waals surface area contributed by atoms with Crippen LogP contribution < -0.4 is 24.4 Å². The second-order valence-electron chi connectivity index (χ2n) is 8.37. The molecule has 0 bridgehead atoms. The third kappa shape index (κ3) is 3.56. The topological polar surface area (TPSA) is 103 Å². The Morgan fingerprint density at radius 2 is 1.65 bits per heavy atom. The van der Waals surface area contributed by atoms with Crippen LogP contribution in [0.2, 0.25) is 0 Å². The molecule has 2 aromatic rings. The summed E-state index contributed by atoms with van der Waals surface area (Å²) in [7, 11) is 4.59. The molecule has 4 rings (SSSR count). The standard InChI is InChI=1S/C25H28N2O7/c1-6-34-24(30)25(2)20-19(21(26-25)14-7-12-17(32-4)18(13-14)33-5)22(28)27(23(20)29)15-8-10-16(31-3)11-9-15/h7-13,19-21,26H,6H2,1-5H3/t19-,20-,21+,25+/m0/s1. The van der Waals surface area contributed by atoms with Crippen molar-refractivity contribution in [3.8, 4) is 17.2 Å². The Morgan fingerprint density at radius 1 is 0.971 bits per heavy atom. The predicted molar refractivity (Wildman–Crippen MR) is 123 cm³/mol. The van der Waals surface area contributed by atoms with E-state index in [1.54, 1.807) is 56.3 Å². The first-order chi connectivity index (χ1) is 16.3. The van der Waals surface area contributed by atoms with Crippen molar-refractivity contribution in [3.63, 3.8) is 0 Å². The van der Waals surface area contributed by atoms with E-state index in [4.69, 9.17) is 18.9 Å². The molecule has 2 fully saturated rings. The van der Waals surface area contributed by atoms with Crippen LogP contribution in [0.25, 0.3) is 0 Å². The van der Waals surface area contributed by atoms with Crippen LogP contribution in [-0.2, 0) is 19.1 Å². The molecule has 4 atom stereocenters. The molecule has 0 aromatic heterocycles. The van der Waals surface area contributed by atoms with E-state index in [0.29, 0.717) is 28.5 Å². The van der Waals surface area contributed by atoms with E-state index in [1.807, 2.05) is 0 Å². The summed E-state index contributed by atoms with van der Waals surface area (Å²) in [5, 5.41) is 3.25. The largest absolute Gasteiger partial charge is 0.497 e. The highest BCUT2D eigenvalue weighted by Crippen LogP contribution is 2.50. The summed E-state index contributed by atoms with van der Waals surface area (Å²) in [6, 6.07) is 11.3. The maximum atomic E-state index is 13.7. The number of methoxy groups -OCH3 is 3. The second-order valence-corrected chi connectivity index (χ2v) is 8.37. The molecule has 9 nitrogen and oxygen atoms in total. The van der Waals surface area contributed by atoms with Crippen molar-refractivity contribution in [2.75, 3.05) is 32.8 Å². The van der Waals surface area contributed by atoms with Gasteiger partial charge in [-0.2, -0.15) is 0 Å². The molecule has 2 aliphatic rings. The minimum atomic E-state index is -1.40. The van der Waals surface area contributed by atoms with Crippen molar-refractivity contribution in [2.24, 2.45) is 11.8 Å². The Kier molecular flexibility index (Phi) is 6.22. The molecule has 0 saturated carbocycles. The zero-order valence-corrected chi connectivity index (χ0v) is 19.8. The van der Waals surface area contributed by atoms with Gasteiger partial charge in [-0.3, -0.25) is 19.7 Å². The van der Waals surface area contributed by atoms with Crippen LogP contribution in [0.1, 0.15) is 25.5 Å². The summed E-state index contributed by atoms with van der Waals surface area (Å²) in [6.07, 6.45) is 0. The Balaban J connectivity index is 1.80. The smallest absolute Gasteiger partial charge is 0.326 e. The molecule has 2 saturated heterocycles. The molecular weight excluding hydrogens is 440 g/mol. The van der Waals surface area contributed by atoms with Gasteiger partial charge in [-0.1, -0.05) is 6.07 Å². The zero-order valence-electron chi connectivity index (χ0n) is 19.8. The summed E-state index contributed by atoms with van der Waals surface area (Å²) in [4.78, 5) is 41.6. The Hall–Kier alpha value is -3.59. The van der Waals surface area contributed by atoms with E-state index in [-0.39, 0.29) is 12.5 Å². The molecule has 0 spiro atoms. The molecule has 2 heterocycles. The quantitative estimate of drug-likeness (QED) is 0.488. The van der Waals surface area contributed by atoms with Crippen LogP contribution >= 0.6 is 0 Å². The lowest BCUT2D eigenvalue weighted by Gasteiger charge is -2.29. The lowest BCUT2D eigenvalue weighted by atomic mass is 9.80. The van der Waals surface area contributed by atoms with Crippen molar-refractivity contribution in [2.45, 2.75) is 25.4 Å². The fourth-order valence-electron chi connectivity index (χ4n) is 4.93. The Bertz CT molecular complexity index is 1120. The van der Waals surface area contributed by atoms with Crippen molar-refractivity contribution in [3.05, 3.63) is 48.0 Å². The summed E-state index contributed by atoms with van der Waals surface area (Å²) in [5.74, 6) is -1.57. The number of carbonyl (C=O) groups is 3. The maximum Gasteiger partial charge on any atom is 0.326 e. The Labute approximate surface area is 197 Å². The van der Waals surface area contributed by atoms with E-state index < -0.39 is 35.3 Å². The van der Waals surface area contributed by atoms with Gasteiger partial charge in [0.15, 0.2) is 11.5 Å². The van der Waals surface area contributed by atoms with E-state index in [9.17, 15) is 14.4 Å². The number of benzene rings is 2. The van der Waals surface area contributed by atoms with Gasteiger partial charge in [0.1, 0.15) is 11.3 Å². The first kappa shape index (κ1) is 23.6. The Morgan fingerprint density at radius 3 is 2.24 bits per heavy atom. The zero-order chi connectivity index (χ0) is 24.6. The number of nitrogens with one attached hydrogen (secondary N) is 1. The van der Waals surface area contributed by atoms with Gasteiger partial charge in [0, 0.05) is 6.04 Å². The fourth-order valence-corrected chi connectivity index (χ4v) is 4.93. The van der Waals surface area contributed by atoms with Crippen LogP contribution in [0.5, 0.6) is 17.2 Å². The molecule has 0 radical (unpaired) electrons. The van der Waals surface area contributed by atoms with Crippen molar-refractivity contribution < 1.29 is 33.3 Å². The van der Waals surface area contributed by atoms with Crippen LogP contribution in [-0.4, -0.2) is 51.3 Å². The fraction of sp³-hybridized carbons (Fsp3) is 0.400. The average molecular weight is 469 g/mol. The van der Waals surface area contributed by atoms with Gasteiger partial charge in [-0.05, 0) is 55.8 Å². The van der Waals surface area contributed by atoms with Gasteiger partial charge in [-0.25, -0.2) is 4.90 Å². The molecule has 1 N–H and O–H groups in total. The third-order valence-corrected chi connectivity index (χ3v) is 6.58. The number of anilines is 1. The van der Waals surface area contributed by atoms with Crippen LogP contribution in [0.15, 0.2) is 42.5 Å². The number of hydrogen-bond acceptors (Lipinski definition) is 8. The van der Waals surface area contributed by atoms with Gasteiger partial charge >= 0.3 is 5.97 Å². The SMILES string of the molecule is CCOC(=O)[C@]1(C)N[C@H](c2ccc(OC)c(OC)c2)[C@H]2C(=O)N(c3ccc(OC)cc3)C(=O)[C@H]21. The summed E-state index contributed by atoms with van der Waals surface area (Å²) >= 11 is 0. The van der Waals surface area contributed by atoms with Crippen LogP contribution in [0, 0.1) is 11.8 Å². The van der Waals surface area contributed by atoms with Gasteiger partial charge in [0.25, 0.3) is 0 Å². The number of ether oxygens (including phenoxy) is 4. The number of amides is 2. The van der Waals surface area contributed by atoms with Gasteiger partial charge in [0.05, 0.1) is 45.5 Å².